The van der Waals surface area contributed by atoms with Crippen LogP contribution in [0, 0.1) is 0 Å². The number of methoxy groups -OCH3 is 1. The van der Waals surface area contributed by atoms with Crippen molar-refractivity contribution in [2.24, 2.45) is 0 Å². The Labute approximate surface area is 140 Å². The molecule has 0 bridgehead atoms. The highest BCUT2D eigenvalue weighted by atomic mass is 32.2. The number of nitrogens with zero attached hydrogens (tertiary/aromatic N) is 3. The first-order valence-electron chi connectivity index (χ1n) is 7.51. The maximum absolute atomic E-state index is 11.2. The summed E-state index contributed by atoms with van der Waals surface area (Å²) in [4.78, 5) is 11.2. The fourth-order valence-corrected chi connectivity index (χ4v) is 2.86. The molecule has 1 heterocycles. The predicted octanol–water partition coefficient (Wildman–Crippen LogP) is 2.70. The van der Waals surface area contributed by atoms with E-state index in [-0.39, 0.29) is 11.7 Å². The summed E-state index contributed by atoms with van der Waals surface area (Å²) in [7, 11) is 1.37. The van der Waals surface area contributed by atoms with Crippen molar-refractivity contribution < 1.29 is 14.3 Å². The fourth-order valence-electron chi connectivity index (χ4n) is 2.00. The zero-order valence-electron chi connectivity index (χ0n) is 13.6. The van der Waals surface area contributed by atoms with Gasteiger partial charge in [-0.25, -0.2) is 0 Å². The Hall–Kier alpha value is -2.02. The topological polar surface area (TPSA) is 66.2 Å². The Morgan fingerprint density at radius 1 is 1.22 bits per heavy atom. The molecule has 0 fully saturated rings. The lowest BCUT2D eigenvalue weighted by molar-refractivity contribution is -0.137. The number of esters is 1. The van der Waals surface area contributed by atoms with Gasteiger partial charge >= 0.3 is 5.97 Å². The van der Waals surface area contributed by atoms with Crippen LogP contribution in [0.1, 0.15) is 25.2 Å². The molecule has 0 aliphatic heterocycles. The summed E-state index contributed by atoms with van der Waals surface area (Å²) in [6, 6.07) is 8.02. The van der Waals surface area contributed by atoms with E-state index in [2.05, 4.69) is 34.0 Å². The summed E-state index contributed by atoms with van der Waals surface area (Å²) in [6.45, 7) is 5.17. The molecule has 23 heavy (non-hydrogen) atoms. The van der Waals surface area contributed by atoms with Gasteiger partial charge in [-0.05, 0) is 31.0 Å². The number of hydrogen-bond donors (Lipinski definition) is 0. The van der Waals surface area contributed by atoms with Crippen LogP contribution in [0.25, 0.3) is 0 Å². The molecule has 0 saturated heterocycles. The fraction of sp³-hybridized carbons (Fsp3) is 0.438. The van der Waals surface area contributed by atoms with Crippen molar-refractivity contribution in [3.63, 3.8) is 0 Å². The van der Waals surface area contributed by atoms with E-state index in [1.54, 1.807) is 0 Å². The summed E-state index contributed by atoms with van der Waals surface area (Å²) in [5.74, 6) is 1.47. The van der Waals surface area contributed by atoms with Gasteiger partial charge in [-0.1, -0.05) is 30.8 Å². The lowest BCUT2D eigenvalue weighted by Gasteiger charge is -2.09. The Bertz CT molecular complexity index is 641. The number of ether oxygens (including phenoxy) is 2. The molecule has 0 spiro atoms. The molecule has 1 aromatic carbocycles. The first kappa shape index (κ1) is 17.3. The molecule has 0 aliphatic carbocycles. The van der Waals surface area contributed by atoms with E-state index in [0.717, 1.165) is 18.0 Å². The second kappa shape index (κ2) is 8.57. The number of carbonyl (C=O) groups is 1. The largest absolute Gasteiger partial charge is 0.486 e. The maximum atomic E-state index is 11.2. The van der Waals surface area contributed by atoms with Crippen molar-refractivity contribution in [1.29, 1.82) is 0 Å². The van der Waals surface area contributed by atoms with Crippen molar-refractivity contribution in [1.82, 2.24) is 14.8 Å². The predicted molar refractivity (Wildman–Crippen MR) is 88.6 cm³/mol. The van der Waals surface area contributed by atoms with Gasteiger partial charge < -0.3 is 14.0 Å². The Morgan fingerprint density at radius 3 is 2.57 bits per heavy atom. The van der Waals surface area contributed by atoms with E-state index in [1.165, 1.54) is 24.4 Å². The van der Waals surface area contributed by atoms with Crippen LogP contribution < -0.4 is 4.74 Å². The molecule has 1 aromatic heterocycles. The van der Waals surface area contributed by atoms with Crippen LogP contribution in [-0.4, -0.2) is 33.6 Å². The average molecular weight is 335 g/mol. The SMILES string of the molecule is CCc1ccc(OCc2nnc(SCC(=O)OC)n2CC)cc1. The number of aromatic nitrogens is 3. The van der Waals surface area contributed by atoms with E-state index in [9.17, 15) is 4.79 Å². The van der Waals surface area contributed by atoms with Gasteiger partial charge in [0.15, 0.2) is 11.0 Å². The van der Waals surface area contributed by atoms with Crippen molar-refractivity contribution in [3.05, 3.63) is 35.7 Å². The molecule has 124 valence electrons. The second-order valence-electron chi connectivity index (χ2n) is 4.79. The lowest BCUT2D eigenvalue weighted by Crippen LogP contribution is -2.08. The molecule has 0 atom stereocenters. The van der Waals surface area contributed by atoms with Crippen molar-refractivity contribution >= 4 is 17.7 Å². The molecule has 0 unspecified atom stereocenters. The number of benzene rings is 1. The summed E-state index contributed by atoms with van der Waals surface area (Å²) >= 11 is 1.31. The van der Waals surface area contributed by atoms with Gasteiger partial charge in [0.25, 0.3) is 0 Å². The van der Waals surface area contributed by atoms with Gasteiger partial charge in [-0.2, -0.15) is 0 Å². The van der Waals surface area contributed by atoms with Crippen LogP contribution in [0.3, 0.4) is 0 Å². The summed E-state index contributed by atoms with van der Waals surface area (Å²) in [5.41, 5.74) is 1.27. The minimum atomic E-state index is -0.283. The zero-order valence-corrected chi connectivity index (χ0v) is 14.4. The average Bonchev–Trinajstić information content (AvgIpc) is 3.00. The van der Waals surface area contributed by atoms with Gasteiger partial charge in [0.05, 0.1) is 12.9 Å². The van der Waals surface area contributed by atoms with Crippen LogP contribution in [0.4, 0.5) is 0 Å². The van der Waals surface area contributed by atoms with Gasteiger partial charge in [-0.15, -0.1) is 10.2 Å². The van der Waals surface area contributed by atoms with Gasteiger partial charge in [0, 0.05) is 6.54 Å². The first-order chi connectivity index (χ1) is 11.2. The molecule has 0 saturated carbocycles. The standard InChI is InChI=1S/C16H21N3O3S/c1-4-12-6-8-13(9-7-12)22-10-14-17-18-16(19(14)5-2)23-11-15(20)21-3/h6-9H,4-5,10-11H2,1-3H3. The van der Waals surface area contributed by atoms with Crippen LogP contribution in [-0.2, 0) is 29.1 Å². The van der Waals surface area contributed by atoms with E-state index in [4.69, 9.17) is 4.74 Å². The Balaban J connectivity index is 1.99. The summed E-state index contributed by atoms with van der Waals surface area (Å²) < 4.78 is 12.3. The summed E-state index contributed by atoms with van der Waals surface area (Å²) in [5, 5.41) is 8.97. The van der Waals surface area contributed by atoms with Crippen LogP contribution >= 0.6 is 11.8 Å². The van der Waals surface area contributed by atoms with Crippen molar-refractivity contribution in [2.75, 3.05) is 12.9 Å². The number of carbonyl (C=O) groups excluding carboxylic acids is 1. The first-order valence-corrected chi connectivity index (χ1v) is 8.49. The maximum Gasteiger partial charge on any atom is 0.316 e. The number of rotatable bonds is 8. The molecular weight excluding hydrogens is 314 g/mol. The van der Waals surface area contributed by atoms with Crippen LogP contribution in [0.5, 0.6) is 5.75 Å². The van der Waals surface area contributed by atoms with Gasteiger partial charge in [0.1, 0.15) is 12.4 Å². The second-order valence-corrected chi connectivity index (χ2v) is 5.74. The van der Waals surface area contributed by atoms with E-state index < -0.39 is 0 Å². The molecular formula is C16H21N3O3S. The highest BCUT2D eigenvalue weighted by Gasteiger charge is 2.13. The Morgan fingerprint density at radius 2 is 1.96 bits per heavy atom. The van der Waals surface area contributed by atoms with Gasteiger partial charge in [-0.3, -0.25) is 4.79 Å². The molecule has 2 aromatic rings. The van der Waals surface area contributed by atoms with Crippen LogP contribution in [0.2, 0.25) is 0 Å². The third-order valence-corrected chi connectivity index (χ3v) is 4.30. The van der Waals surface area contributed by atoms with E-state index >= 15 is 0 Å². The van der Waals surface area contributed by atoms with E-state index in [0.29, 0.717) is 18.3 Å². The molecule has 0 N–H and O–H groups in total. The Kier molecular flexibility index (Phi) is 6.46. The van der Waals surface area contributed by atoms with Crippen molar-refractivity contribution in [2.45, 2.75) is 38.6 Å². The quantitative estimate of drug-likeness (QED) is 0.546. The highest BCUT2D eigenvalue weighted by Crippen LogP contribution is 2.19. The lowest BCUT2D eigenvalue weighted by atomic mass is 10.2. The zero-order chi connectivity index (χ0) is 16.7. The number of thioether (sulfide) groups is 1. The minimum absolute atomic E-state index is 0.216. The van der Waals surface area contributed by atoms with E-state index in [1.807, 2.05) is 23.6 Å². The number of hydrogen-bond acceptors (Lipinski definition) is 6. The normalized spacial score (nSPS) is 10.6. The molecule has 2 rings (SSSR count). The smallest absolute Gasteiger partial charge is 0.316 e. The monoisotopic (exact) mass is 335 g/mol. The minimum Gasteiger partial charge on any atom is -0.486 e. The molecule has 6 nitrogen and oxygen atoms in total. The third-order valence-electron chi connectivity index (χ3n) is 3.36. The molecule has 7 heteroatoms. The molecule has 0 amide bonds. The highest BCUT2D eigenvalue weighted by molar-refractivity contribution is 7.99. The number of aryl methyl sites for hydroxylation is 1. The summed E-state index contributed by atoms with van der Waals surface area (Å²) in [6.07, 6.45) is 1.01. The van der Waals surface area contributed by atoms with Crippen molar-refractivity contribution in [3.8, 4) is 5.75 Å². The molecule has 0 radical (unpaired) electrons. The van der Waals surface area contributed by atoms with Crippen LogP contribution in [0.15, 0.2) is 29.4 Å². The van der Waals surface area contributed by atoms with Gasteiger partial charge in [0.2, 0.25) is 0 Å². The third kappa shape index (κ3) is 4.72. The molecule has 0 aliphatic rings.